The van der Waals surface area contributed by atoms with Crippen LogP contribution in [-0.4, -0.2) is 6.04 Å². The molecule has 0 spiro atoms. The lowest BCUT2D eigenvalue weighted by molar-refractivity contribution is 0.309. The van der Waals surface area contributed by atoms with Gasteiger partial charge in [-0.25, -0.2) is 0 Å². The first-order chi connectivity index (χ1) is 6.87. The average Bonchev–Trinajstić information content (AvgIpc) is 2.05. The molecule has 0 aromatic heterocycles. The van der Waals surface area contributed by atoms with Crippen molar-refractivity contribution >= 4 is 0 Å². The standard InChI is InChI=1S/C14H27N/c1-11-6-8-13(9-7-11)15-12(2)10-14(3,4)5/h11,13,15H,2,6-10H2,1,3-5H3. The summed E-state index contributed by atoms with van der Waals surface area (Å²) in [6.45, 7) is 13.3. The topological polar surface area (TPSA) is 12.0 Å². The van der Waals surface area contributed by atoms with Gasteiger partial charge < -0.3 is 5.32 Å². The summed E-state index contributed by atoms with van der Waals surface area (Å²) in [7, 11) is 0. The molecule has 1 N–H and O–H groups in total. The van der Waals surface area contributed by atoms with Crippen molar-refractivity contribution in [2.45, 2.75) is 65.8 Å². The van der Waals surface area contributed by atoms with E-state index in [1.807, 2.05) is 0 Å². The van der Waals surface area contributed by atoms with Crippen LogP contribution in [0.3, 0.4) is 0 Å². The van der Waals surface area contributed by atoms with Gasteiger partial charge in [-0.2, -0.15) is 0 Å². The van der Waals surface area contributed by atoms with Crippen molar-refractivity contribution < 1.29 is 0 Å². The highest BCUT2D eigenvalue weighted by molar-refractivity contribution is 4.97. The molecule has 0 heterocycles. The molecule has 0 saturated heterocycles. The monoisotopic (exact) mass is 209 g/mol. The molecule has 1 heteroatoms. The van der Waals surface area contributed by atoms with Crippen LogP contribution in [0.5, 0.6) is 0 Å². The lowest BCUT2D eigenvalue weighted by atomic mass is 9.86. The average molecular weight is 209 g/mol. The summed E-state index contributed by atoms with van der Waals surface area (Å²) in [6.07, 6.45) is 6.48. The Morgan fingerprint density at radius 1 is 1.20 bits per heavy atom. The summed E-state index contributed by atoms with van der Waals surface area (Å²) in [4.78, 5) is 0. The molecule has 0 aliphatic heterocycles. The van der Waals surface area contributed by atoms with Gasteiger partial charge in [0.15, 0.2) is 0 Å². The predicted octanol–water partition coefficient (Wildman–Crippen LogP) is 4.10. The van der Waals surface area contributed by atoms with Crippen molar-refractivity contribution in [1.82, 2.24) is 5.32 Å². The summed E-state index contributed by atoms with van der Waals surface area (Å²) in [5, 5.41) is 3.60. The van der Waals surface area contributed by atoms with Crippen molar-refractivity contribution in [3.05, 3.63) is 12.3 Å². The summed E-state index contributed by atoms with van der Waals surface area (Å²) in [5.74, 6) is 0.930. The van der Waals surface area contributed by atoms with E-state index in [1.165, 1.54) is 31.4 Å². The van der Waals surface area contributed by atoms with Crippen LogP contribution in [0.15, 0.2) is 12.3 Å². The number of rotatable bonds is 3. The van der Waals surface area contributed by atoms with E-state index in [4.69, 9.17) is 0 Å². The molecule has 1 aliphatic rings. The summed E-state index contributed by atoms with van der Waals surface area (Å²) >= 11 is 0. The smallest absolute Gasteiger partial charge is 0.0258 e. The Kier molecular flexibility index (Phi) is 4.24. The van der Waals surface area contributed by atoms with Gasteiger partial charge in [0.1, 0.15) is 0 Å². The molecule has 15 heavy (non-hydrogen) atoms. The zero-order valence-electron chi connectivity index (χ0n) is 10.9. The van der Waals surface area contributed by atoms with Gasteiger partial charge in [0, 0.05) is 11.7 Å². The second kappa shape index (κ2) is 5.05. The third-order valence-electron chi connectivity index (χ3n) is 3.17. The molecule has 1 aliphatic carbocycles. The maximum Gasteiger partial charge on any atom is 0.0258 e. The fourth-order valence-electron chi connectivity index (χ4n) is 2.38. The molecule has 0 radical (unpaired) electrons. The minimum Gasteiger partial charge on any atom is -0.386 e. The fourth-order valence-corrected chi connectivity index (χ4v) is 2.38. The Hall–Kier alpha value is -0.460. The Morgan fingerprint density at radius 3 is 2.20 bits per heavy atom. The first-order valence-corrected chi connectivity index (χ1v) is 6.31. The Bertz CT molecular complexity index is 204. The molecule has 0 aromatic rings. The SMILES string of the molecule is C=C(CC(C)(C)C)NC1CCC(C)CC1. The molecule has 0 aromatic carbocycles. The fraction of sp³-hybridized carbons (Fsp3) is 0.857. The van der Waals surface area contributed by atoms with Gasteiger partial charge in [-0.05, 0) is 43.4 Å². The van der Waals surface area contributed by atoms with Crippen molar-refractivity contribution in [2.24, 2.45) is 11.3 Å². The lowest BCUT2D eigenvalue weighted by Crippen LogP contribution is -2.33. The quantitative estimate of drug-likeness (QED) is 0.737. The van der Waals surface area contributed by atoms with Gasteiger partial charge in [0.25, 0.3) is 0 Å². The molecule has 1 saturated carbocycles. The van der Waals surface area contributed by atoms with E-state index in [0.29, 0.717) is 11.5 Å². The van der Waals surface area contributed by atoms with Gasteiger partial charge in [-0.1, -0.05) is 34.3 Å². The Morgan fingerprint density at radius 2 is 1.73 bits per heavy atom. The molecule has 1 nitrogen and oxygen atoms in total. The van der Waals surface area contributed by atoms with E-state index in [0.717, 1.165) is 12.3 Å². The Balaban J connectivity index is 2.27. The molecule has 0 atom stereocenters. The van der Waals surface area contributed by atoms with Crippen LogP contribution < -0.4 is 5.32 Å². The highest BCUT2D eigenvalue weighted by Gasteiger charge is 2.19. The van der Waals surface area contributed by atoms with E-state index < -0.39 is 0 Å². The number of hydrogen-bond donors (Lipinski definition) is 1. The van der Waals surface area contributed by atoms with Crippen LogP contribution in [0.2, 0.25) is 0 Å². The van der Waals surface area contributed by atoms with Crippen molar-refractivity contribution in [1.29, 1.82) is 0 Å². The van der Waals surface area contributed by atoms with E-state index in [2.05, 4.69) is 39.6 Å². The molecule has 0 unspecified atom stereocenters. The lowest BCUT2D eigenvalue weighted by Gasteiger charge is -2.30. The normalized spacial score (nSPS) is 27.5. The minimum atomic E-state index is 0.353. The van der Waals surface area contributed by atoms with Crippen LogP contribution in [0.4, 0.5) is 0 Å². The van der Waals surface area contributed by atoms with Gasteiger partial charge >= 0.3 is 0 Å². The van der Waals surface area contributed by atoms with Crippen LogP contribution in [0.25, 0.3) is 0 Å². The summed E-state index contributed by atoms with van der Waals surface area (Å²) < 4.78 is 0. The highest BCUT2D eigenvalue weighted by Crippen LogP contribution is 2.26. The van der Waals surface area contributed by atoms with E-state index in [-0.39, 0.29) is 0 Å². The maximum absolute atomic E-state index is 4.14. The molecule has 88 valence electrons. The summed E-state index contributed by atoms with van der Waals surface area (Å²) in [5.41, 5.74) is 1.58. The van der Waals surface area contributed by atoms with Gasteiger partial charge in [-0.15, -0.1) is 0 Å². The van der Waals surface area contributed by atoms with E-state index >= 15 is 0 Å². The van der Waals surface area contributed by atoms with Crippen LogP contribution in [0, 0.1) is 11.3 Å². The molecule has 1 fully saturated rings. The third kappa shape index (κ3) is 5.25. The first-order valence-electron chi connectivity index (χ1n) is 6.31. The summed E-state index contributed by atoms with van der Waals surface area (Å²) in [6, 6.07) is 0.691. The maximum atomic E-state index is 4.14. The first kappa shape index (κ1) is 12.6. The number of nitrogens with one attached hydrogen (secondary N) is 1. The molecule has 1 rings (SSSR count). The van der Waals surface area contributed by atoms with Crippen molar-refractivity contribution in [2.75, 3.05) is 0 Å². The predicted molar refractivity (Wildman–Crippen MR) is 67.8 cm³/mol. The molecular weight excluding hydrogens is 182 g/mol. The van der Waals surface area contributed by atoms with Crippen LogP contribution in [0.1, 0.15) is 59.8 Å². The van der Waals surface area contributed by atoms with Gasteiger partial charge in [0.05, 0.1) is 0 Å². The third-order valence-corrected chi connectivity index (χ3v) is 3.17. The number of allylic oxidation sites excluding steroid dienone is 1. The molecular formula is C14H27N. The van der Waals surface area contributed by atoms with Gasteiger partial charge in [-0.3, -0.25) is 0 Å². The largest absolute Gasteiger partial charge is 0.386 e. The van der Waals surface area contributed by atoms with Gasteiger partial charge in [0.2, 0.25) is 0 Å². The second-order valence-electron chi connectivity index (χ2n) is 6.44. The van der Waals surface area contributed by atoms with Crippen molar-refractivity contribution in [3.8, 4) is 0 Å². The highest BCUT2D eigenvalue weighted by atomic mass is 14.9. The van der Waals surface area contributed by atoms with Crippen molar-refractivity contribution in [3.63, 3.8) is 0 Å². The zero-order chi connectivity index (χ0) is 11.5. The number of hydrogen-bond acceptors (Lipinski definition) is 1. The van der Waals surface area contributed by atoms with E-state index in [1.54, 1.807) is 0 Å². The second-order valence-corrected chi connectivity index (χ2v) is 6.44. The zero-order valence-corrected chi connectivity index (χ0v) is 10.9. The molecule has 0 amide bonds. The molecule has 0 bridgehead atoms. The minimum absolute atomic E-state index is 0.353. The van der Waals surface area contributed by atoms with E-state index in [9.17, 15) is 0 Å². The van der Waals surface area contributed by atoms with Crippen LogP contribution in [-0.2, 0) is 0 Å². The Labute approximate surface area is 95.3 Å². The van der Waals surface area contributed by atoms with Crippen LogP contribution >= 0.6 is 0 Å².